The molecule has 0 spiro atoms. The van der Waals surface area contributed by atoms with Gasteiger partial charge in [0.2, 0.25) is 0 Å². The number of fused-ring (bicyclic) bond motifs is 1. The maximum absolute atomic E-state index is 11.6. The summed E-state index contributed by atoms with van der Waals surface area (Å²) in [6, 6.07) is 11.7. The highest BCUT2D eigenvalue weighted by Gasteiger charge is 2.10. The van der Waals surface area contributed by atoms with Gasteiger partial charge in [0.15, 0.2) is 0 Å². The number of methoxy groups -OCH3 is 1. The summed E-state index contributed by atoms with van der Waals surface area (Å²) in [6.45, 7) is 2.04. The molecule has 0 saturated heterocycles. The van der Waals surface area contributed by atoms with Crippen LogP contribution >= 0.6 is 0 Å². The Labute approximate surface area is 116 Å². The molecule has 0 radical (unpaired) electrons. The maximum atomic E-state index is 11.6. The van der Waals surface area contributed by atoms with Crippen molar-refractivity contribution in [2.45, 2.75) is 6.92 Å². The Morgan fingerprint density at radius 1 is 1.25 bits per heavy atom. The average molecular weight is 266 g/mol. The topological polar surface area (TPSA) is 43.6 Å². The fourth-order valence-corrected chi connectivity index (χ4v) is 2.23. The Balaban J connectivity index is 2.19. The summed E-state index contributed by atoms with van der Waals surface area (Å²) in [5.41, 5.74) is 3.64. The largest absolute Gasteiger partial charge is 0.465 e. The first kappa shape index (κ1) is 12.4. The molecule has 4 nitrogen and oxygen atoms in total. The van der Waals surface area contributed by atoms with E-state index in [0.29, 0.717) is 5.56 Å². The second-order valence-corrected chi connectivity index (χ2v) is 4.66. The first-order valence-electron chi connectivity index (χ1n) is 6.31. The normalized spacial score (nSPS) is 10.7. The zero-order valence-electron chi connectivity index (χ0n) is 11.3. The van der Waals surface area contributed by atoms with E-state index in [0.717, 1.165) is 16.9 Å². The zero-order valence-corrected chi connectivity index (χ0v) is 11.3. The Bertz CT molecular complexity index is 790. The Morgan fingerprint density at radius 2 is 2.10 bits per heavy atom. The first-order valence-corrected chi connectivity index (χ1v) is 6.31. The predicted molar refractivity (Wildman–Crippen MR) is 76.7 cm³/mol. The summed E-state index contributed by atoms with van der Waals surface area (Å²) in [6.07, 6.45) is 3.55. The van der Waals surface area contributed by atoms with Gasteiger partial charge in [-0.15, -0.1) is 0 Å². The van der Waals surface area contributed by atoms with Gasteiger partial charge in [0.05, 0.1) is 24.4 Å². The van der Waals surface area contributed by atoms with Crippen molar-refractivity contribution in [1.29, 1.82) is 0 Å². The molecule has 1 aromatic carbocycles. The molecule has 3 rings (SSSR count). The van der Waals surface area contributed by atoms with Crippen LogP contribution in [0.15, 0.2) is 48.8 Å². The Hall–Kier alpha value is -2.62. The van der Waals surface area contributed by atoms with Gasteiger partial charge in [0.25, 0.3) is 0 Å². The van der Waals surface area contributed by atoms with Crippen molar-refractivity contribution in [2.75, 3.05) is 7.11 Å². The standard InChI is InChI=1S/C16H14N2O2/c1-11-4-3-5-12(8-11)15-17-9-14-7-6-13(10-18(14)15)16(19)20-2/h3-10H,1-2H3. The fourth-order valence-electron chi connectivity index (χ4n) is 2.23. The van der Waals surface area contributed by atoms with E-state index in [1.807, 2.05) is 35.6 Å². The molecule has 0 fully saturated rings. The Kier molecular flexibility index (Phi) is 2.99. The van der Waals surface area contributed by atoms with Crippen molar-refractivity contribution in [2.24, 2.45) is 0 Å². The molecule has 2 heterocycles. The van der Waals surface area contributed by atoms with Crippen LogP contribution in [0.3, 0.4) is 0 Å². The third-order valence-electron chi connectivity index (χ3n) is 3.22. The van der Waals surface area contributed by atoms with Crippen LogP contribution in [0.5, 0.6) is 0 Å². The van der Waals surface area contributed by atoms with Crippen molar-refractivity contribution in [3.05, 3.63) is 59.9 Å². The van der Waals surface area contributed by atoms with E-state index in [1.165, 1.54) is 12.7 Å². The number of esters is 1. The second kappa shape index (κ2) is 4.81. The molecule has 0 aliphatic carbocycles. The van der Waals surface area contributed by atoms with E-state index in [-0.39, 0.29) is 5.97 Å². The third kappa shape index (κ3) is 2.05. The number of rotatable bonds is 2. The lowest BCUT2D eigenvalue weighted by Gasteiger charge is -2.05. The number of aromatic nitrogens is 2. The molecule has 0 atom stereocenters. The number of carbonyl (C=O) groups is 1. The summed E-state index contributed by atoms with van der Waals surface area (Å²) in [7, 11) is 1.38. The molecule has 0 bridgehead atoms. The van der Waals surface area contributed by atoms with Crippen molar-refractivity contribution < 1.29 is 9.53 Å². The summed E-state index contributed by atoms with van der Waals surface area (Å²) in [5, 5.41) is 0. The average Bonchev–Trinajstić information content (AvgIpc) is 2.89. The van der Waals surface area contributed by atoms with Crippen molar-refractivity contribution >= 4 is 11.5 Å². The molecule has 0 N–H and O–H groups in total. The lowest BCUT2D eigenvalue weighted by atomic mass is 10.1. The highest BCUT2D eigenvalue weighted by molar-refractivity contribution is 5.89. The second-order valence-electron chi connectivity index (χ2n) is 4.66. The molecule has 0 saturated carbocycles. The number of carbonyl (C=O) groups excluding carboxylic acids is 1. The molecule has 100 valence electrons. The zero-order chi connectivity index (χ0) is 14.1. The van der Waals surface area contributed by atoms with Crippen LogP contribution in [0, 0.1) is 6.92 Å². The molecule has 0 amide bonds. The third-order valence-corrected chi connectivity index (χ3v) is 3.22. The molecular weight excluding hydrogens is 252 g/mol. The van der Waals surface area contributed by atoms with E-state index >= 15 is 0 Å². The van der Waals surface area contributed by atoms with Crippen LogP contribution in [-0.4, -0.2) is 22.5 Å². The summed E-state index contributed by atoms with van der Waals surface area (Å²) in [4.78, 5) is 16.1. The van der Waals surface area contributed by atoms with Crippen LogP contribution in [0.2, 0.25) is 0 Å². The van der Waals surface area contributed by atoms with E-state index < -0.39 is 0 Å². The summed E-state index contributed by atoms with van der Waals surface area (Å²) >= 11 is 0. The van der Waals surface area contributed by atoms with Crippen LogP contribution < -0.4 is 0 Å². The molecule has 20 heavy (non-hydrogen) atoms. The van der Waals surface area contributed by atoms with Gasteiger partial charge in [-0.05, 0) is 25.1 Å². The summed E-state index contributed by atoms with van der Waals surface area (Å²) in [5.74, 6) is 0.463. The molecule has 2 aromatic heterocycles. The van der Waals surface area contributed by atoms with Gasteiger partial charge in [0.1, 0.15) is 5.82 Å². The minimum atomic E-state index is -0.351. The molecule has 4 heteroatoms. The highest BCUT2D eigenvalue weighted by Crippen LogP contribution is 2.21. The number of imidazole rings is 1. The first-order chi connectivity index (χ1) is 9.69. The molecule has 0 aliphatic heterocycles. The number of hydrogen-bond acceptors (Lipinski definition) is 3. The molecule has 0 unspecified atom stereocenters. The number of benzene rings is 1. The van der Waals surface area contributed by atoms with Crippen molar-refractivity contribution in [3.63, 3.8) is 0 Å². The molecule has 0 aliphatic rings. The Morgan fingerprint density at radius 3 is 2.85 bits per heavy atom. The van der Waals surface area contributed by atoms with E-state index in [2.05, 4.69) is 11.1 Å². The van der Waals surface area contributed by atoms with Crippen molar-refractivity contribution in [1.82, 2.24) is 9.38 Å². The smallest absolute Gasteiger partial charge is 0.339 e. The van der Waals surface area contributed by atoms with E-state index in [4.69, 9.17) is 4.74 Å². The predicted octanol–water partition coefficient (Wildman–Crippen LogP) is 3.10. The van der Waals surface area contributed by atoms with Crippen LogP contribution in [0.4, 0.5) is 0 Å². The van der Waals surface area contributed by atoms with Gasteiger partial charge in [-0.25, -0.2) is 9.78 Å². The minimum absolute atomic E-state index is 0.351. The lowest BCUT2D eigenvalue weighted by molar-refractivity contribution is 0.0600. The van der Waals surface area contributed by atoms with Crippen LogP contribution in [0.1, 0.15) is 15.9 Å². The quantitative estimate of drug-likeness (QED) is 0.669. The fraction of sp³-hybridized carbons (Fsp3) is 0.125. The number of ether oxygens (including phenoxy) is 1. The number of hydrogen-bond donors (Lipinski definition) is 0. The molecule has 3 aromatic rings. The number of pyridine rings is 1. The summed E-state index contributed by atoms with van der Waals surface area (Å²) < 4.78 is 6.66. The SMILES string of the molecule is COC(=O)c1ccc2cnc(-c3cccc(C)c3)n2c1. The number of nitrogens with zero attached hydrogens (tertiary/aromatic N) is 2. The van der Waals surface area contributed by atoms with Gasteiger partial charge < -0.3 is 4.74 Å². The van der Waals surface area contributed by atoms with Crippen molar-refractivity contribution in [3.8, 4) is 11.4 Å². The maximum Gasteiger partial charge on any atom is 0.339 e. The van der Waals surface area contributed by atoms with E-state index in [1.54, 1.807) is 18.5 Å². The van der Waals surface area contributed by atoms with Gasteiger partial charge >= 0.3 is 5.97 Å². The van der Waals surface area contributed by atoms with Gasteiger partial charge in [0, 0.05) is 11.8 Å². The monoisotopic (exact) mass is 266 g/mol. The van der Waals surface area contributed by atoms with E-state index in [9.17, 15) is 4.79 Å². The van der Waals surface area contributed by atoms with Crippen LogP contribution in [0.25, 0.3) is 16.9 Å². The lowest BCUT2D eigenvalue weighted by Crippen LogP contribution is -2.03. The van der Waals surface area contributed by atoms with Gasteiger partial charge in [-0.3, -0.25) is 4.40 Å². The van der Waals surface area contributed by atoms with Gasteiger partial charge in [-0.2, -0.15) is 0 Å². The molecular formula is C16H14N2O2. The van der Waals surface area contributed by atoms with Crippen LogP contribution in [-0.2, 0) is 4.74 Å². The minimum Gasteiger partial charge on any atom is -0.465 e. The number of aryl methyl sites for hydroxylation is 1. The van der Waals surface area contributed by atoms with Gasteiger partial charge in [-0.1, -0.05) is 23.8 Å². The highest BCUT2D eigenvalue weighted by atomic mass is 16.5.